The van der Waals surface area contributed by atoms with Crippen molar-refractivity contribution in [1.82, 2.24) is 0 Å². The molecule has 3 saturated carbocycles. The normalized spacial score (nSPS) is 31.2. The summed E-state index contributed by atoms with van der Waals surface area (Å²) in [5, 5.41) is 10.2. The average molecular weight is 164 g/mol. The summed E-state index contributed by atoms with van der Waals surface area (Å²) in [4.78, 5) is 0. The highest BCUT2D eigenvalue weighted by atomic mass is 16.3. The molecule has 66 valence electrons. The SMILES string of the molecule is OC1(C(=C2CC2)C2CC2)CCC1. The molecule has 0 heterocycles. The molecule has 0 saturated heterocycles. The molecule has 0 aliphatic heterocycles. The molecule has 0 atom stereocenters. The smallest absolute Gasteiger partial charge is 0.0862 e. The lowest BCUT2D eigenvalue weighted by molar-refractivity contribution is -0.00237. The molecule has 1 heteroatoms. The van der Waals surface area contributed by atoms with Crippen LogP contribution in [0.1, 0.15) is 44.9 Å². The van der Waals surface area contributed by atoms with Gasteiger partial charge in [0.2, 0.25) is 0 Å². The molecule has 1 N–H and O–H groups in total. The maximum absolute atomic E-state index is 10.2. The van der Waals surface area contributed by atoms with E-state index in [0.29, 0.717) is 0 Å². The van der Waals surface area contributed by atoms with Crippen molar-refractivity contribution in [2.45, 2.75) is 50.5 Å². The Morgan fingerprint density at radius 1 is 1.25 bits per heavy atom. The first-order chi connectivity index (χ1) is 5.80. The molecule has 1 nitrogen and oxygen atoms in total. The molecule has 0 radical (unpaired) electrons. The molecule has 0 aromatic rings. The molecule has 0 aromatic heterocycles. The molecule has 3 aliphatic carbocycles. The van der Waals surface area contributed by atoms with Crippen molar-refractivity contribution in [1.29, 1.82) is 0 Å². The van der Waals surface area contributed by atoms with E-state index in [1.807, 2.05) is 0 Å². The van der Waals surface area contributed by atoms with Crippen LogP contribution in [0.2, 0.25) is 0 Å². The van der Waals surface area contributed by atoms with Crippen molar-refractivity contribution in [3.8, 4) is 0 Å². The van der Waals surface area contributed by atoms with Crippen molar-refractivity contribution in [3.63, 3.8) is 0 Å². The minimum absolute atomic E-state index is 0.312. The van der Waals surface area contributed by atoms with Crippen molar-refractivity contribution in [3.05, 3.63) is 11.1 Å². The van der Waals surface area contributed by atoms with Crippen LogP contribution in [0.4, 0.5) is 0 Å². The zero-order valence-corrected chi connectivity index (χ0v) is 7.47. The quantitative estimate of drug-likeness (QED) is 0.621. The van der Waals surface area contributed by atoms with Crippen molar-refractivity contribution in [2.75, 3.05) is 0 Å². The molecule has 0 bridgehead atoms. The minimum atomic E-state index is -0.312. The van der Waals surface area contributed by atoms with Gasteiger partial charge in [0.25, 0.3) is 0 Å². The third kappa shape index (κ3) is 0.957. The Bertz CT molecular complexity index is 238. The van der Waals surface area contributed by atoms with Gasteiger partial charge in [-0.25, -0.2) is 0 Å². The summed E-state index contributed by atoms with van der Waals surface area (Å²) in [7, 11) is 0. The maximum Gasteiger partial charge on any atom is 0.0862 e. The van der Waals surface area contributed by atoms with Gasteiger partial charge in [-0.3, -0.25) is 0 Å². The summed E-state index contributed by atoms with van der Waals surface area (Å²) < 4.78 is 0. The van der Waals surface area contributed by atoms with Gasteiger partial charge in [0.05, 0.1) is 5.60 Å². The fraction of sp³-hybridized carbons (Fsp3) is 0.818. The molecule has 12 heavy (non-hydrogen) atoms. The highest BCUT2D eigenvalue weighted by molar-refractivity contribution is 5.37. The van der Waals surface area contributed by atoms with Gasteiger partial charge >= 0.3 is 0 Å². The largest absolute Gasteiger partial charge is 0.385 e. The van der Waals surface area contributed by atoms with Crippen LogP contribution in [0.3, 0.4) is 0 Å². The molecule has 0 aromatic carbocycles. The van der Waals surface area contributed by atoms with Crippen molar-refractivity contribution in [2.24, 2.45) is 5.92 Å². The van der Waals surface area contributed by atoms with E-state index in [1.165, 1.54) is 37.7 Å². The number of aliphatic hydroxyl groups is 1. The first kappa shape index (κ1) is 7.14. The monoisotopic (exact) mass is 164 g/mol. The van der Waals surface area contributed by atoms with Crippen molar-refractivity contribution < 1.29 is 5.11 Å². The van der Waals surface area contributed by atoms with E-state index in [-0.39, 0.29) is 5.60 Å². The van der Waals surface area contributed by atoms with Crippen LogP contribution in [-0.2, 0) is 0 Å². The lowest BCUT2D eigenvalue weighted by Gasteiger charge is -2.39. The molecular weight excluding hydrogens is 148 g/mol. The molecule has 0 spiro atoms. The van der Waals surface area contributed by atoms with Crippen molar-refractivity contribution >= 4 is 0 Å². The van der Waals surface area contributed by atoms with Gasteiger partial charge in [0.1, 0.15) is 0 Å². The topological polar surface area (TPSA) is 20.2 Å². The van der Waals surface area contributed by atoms with E-state index < -0.39 is 0 Å². The van der Waals surface area contributed by atoms with E-state index in [1.54, 1.807) is 5.57 Å². The maximum atomic E-state index is 10.2. The molecule has 0 unspecified atom stereocenters. The fourth-order valence-electron chi connectivity index (χ4n) is 2.48. The third-order valence-corrected chi connectivity index (χ3v) is 3.55. The highest BCUT2D eigenvalue weighted by Crippen LogP contribution is 2.54. The Balaban J connectivity index is 1.90. The first-order valence-corrected chi connectivity index (χ1v) is 5.24. The summed E-state index contributed by atoms with van der Waals surface area (Å²) in [6.45, 7) is 0. The Hall–Kier alpha value is -0.300. The Labute approximate surface area is 73.5 Å². The standard InChI is InChI=1S/C11H16O/c12-11(6-1-7-11)10(8-2-3-8)9-4-5-9/h8,12H,1-7H2. The van der Waals surface area contributed by atoms with E-state index in [9.17, 15) is 5.11 Å². The summed E-state index contributed by atoms with van der Waals surface area (Å²) in [6, 6.07) is 0. The van der Waals surface area contributed by atoms with Crippen LogP contribution in [0.15, 0.2) is 11.1 Å². The van der Waals surface area contributed by atoms with Crippen LogP contribution in [0.25, 0.3) is 0 Å². The van der Waals surface area contributed by atoms with E-state index in [2.05, 4.69) is 0 Å². The van der Waals surface area contributed by atoms with Gasteiger partial charge in [-0.15, -0.1) is 0 Å². The fourth-order valence-corrected chi connectivity index (χ4v) is 2.48. The second-order valence-corrected chi connectivity index (χ2v) is 4.68. The Kier molecular flexibility index (Phi) is 1.27. The lowest BCUT2D eigenvalue weighted by Crippen LogP contribution is -2.39. The second-order valence-electron chi connectivity index (χ2n) is 4.68. The number of rotatable bonds is 2. The van der Waals surface area contributed by atoms with E-state index in [4.69, 9.17) is 0 Å². The highest BCUT2D eigenvalue weighted by Gasteiger charge is 2.47. The van der Waals surface area contributed by atoms with E-state index in [0.717, 1.165) is 18.8 Å². The van der Waals surface area contributed by atoms with E-state index >= 15 is 0 Å². The lowest BCUT2D eigenvalue weighted by atomic mass is 9.72. The molecule has 3 aliphatic rings. The van der Waals surface area contributed by atoms with Gasteiger partial charge in [0.15, 0.2) is 0 Å². The average Bonchev–Trinajstić information content (AvgIpc) is 2.78. The van der Waals surface area contributed by atoms with Crippen LogP contribution >= 0.6 is 0 Å². The van der Waals surface area contributed by atoms with Crippen LogP contribution in [0.5, 0.6) is 0 Å². The number of hydrogen-bond acceptors (Lipinski definition) is 1. The molecule has 0 amide bonds. The molecule has 3 rings (SSSR count). The van der Waals surface area contributed by atoms with Gasteiger partial charge < -0.3 is 5.11 Å². The first-order valence-electron chi connectivity index (χ1n) is 5.24. The summed E-state index contributed by atoms with van der Waals surface area (Å²) >= 11 is 0. The van der Waals surface area contributed by atoms with Crippen LogP contribution in [-0.4, -0.2) is 10.7 Å². The number of hydrogen-bond donors (Lipinski definition) is 1. The van der Waals surface area contributed by atoms with Crippen LogP contribution < -0.4 is 0 Å². The Morgan fingerprint density at radius 3 is 2.25 bits per heavy atom. The zero-order chi connectivity index (χ0) is 8.18. The van der Waals surface area contributed by atoms with Gasteiger partial charge in [-0.2, -0.15) is 0 Å². The second kappa shape index (κ2) is 2.14. The molecule has 3 fully saturated rings. The van der Waals surface area contributed by atoms with Gasteiger partial charge in [0, 0.05) is 0 Å². The van der Waals surface area contributed by atoms with Gasteiger partial charge in [-0.1, -0.05) is 5.57 Å². The van der Waals surface area contributed by atoms with Gasteiger partial charge in [-0.05, 0) is 56.4 Å². The Morgan fingerprint density at radius 2 is 1.92 bits per heavy atom. The predicted octanol–water partition coefficient (Wildman–Crippen LogP) is 2.40. The number of allylic oxidation sites excluding steroid dienone is 1. The summed E-state index contributed by atoms with van der Waals surface area (Å²) in [5.41, 5.74) is 2.79. The van der Waals surface area contributed by atoms with Crippen LogP contribution in [0, 0.1) is 5.92 Å². The summed E-state index contributed by atoms with van der Waals surface area (Å²) in [5.74, 6) is 0.799. The summed E-state index contributed by atoms with van der Waals surface area (Å²) in [6.07, 6.45) is 8.59. The predicted molar refractivity (Wildman–Crippen MR) is 47.8 cm³/mol. The molecular formula is C11H16O. The minimum Gasteiger partial charge on any atom is -0.385 e. The zero-order valence-electron chi connectivity index (χ0n) is 7.47. The third-order valence-electron chi connectivity index (χ3n) is 3.55.